The van der Waals surface area contributed by atoms with Gasteiger partial charge in [0.15, 0.2) is 0 Å². The van der Waals surface area contributed by atoms with Gasteiger partial charge in [-0.15, -0.1) is 0 Å². The van der Waals surface area contributed by atoms with Gasteiger partial charge in [-0.3, -0.25) is 4.79 Å². The van der Waals surface area contributed by atoms with Crippen molar-refractivity contribution in [2.75, 3.05) is 0 Å². The lowest BCUT2D eigenvalue weighted by Crippen LogP contribution is -2.23. The number of hydrogen-bond donors (Lipinski definition) is 0. The van der Waals surface area contributed by atoms with Crippen molar-refractivity contribution < 1.29 is 8.91 Å². The third-order valence-corrected chi connectivity index (χ3v) is 3.00. The molecular weight excluding hydrogens is 273 g/mol. The predicted octanol–water partition coefficient (Wildman–Crippen LogP) is 2.39. The molecule has 0 radical (unpaired) electrons. The van der Waals surface area contributed by atoms with Crippen LogP contribution < -0.4 is 5.56 Å². The first-order valence-electron chi connectivity index (χ1n) is 6.39. The molecule has 0 bridgehead atoms. The minimum Gasteiger partial charge on any atom is -0.361 e. The summed E-state index contributed by atoms with van der Waals surface area (Å²) in [6.07, 6.45) is 0. The maximum absolute atomic E-state index is 13.8. The molecule has 6 heteroatoms. The van der Waals surface area contributed by atoms with Gasteiger partial charge in [-0.25, -0.2) is 9.07 Å². The van der Waals surface area contributed by atoms with Gasteiger partial charge in [-0.05, 0) is 25.1 Å². The molecule has 0 fully saturated rings. The minimum absolute atomic E-state index is 0.179. The van der Waals surface area contributed by atoms with E-state index < -0.39 is 0 Å². The molecule has 0 aliphatic carbocycles. The summed E-state index contributed by atoms with van der Waals surface area (Å²) in [5, 5.41) is 8.01. The van der Waals surface area contributed by atoms with E-state index in [-0.39, 0.29) is 17.9 Å². The summed E-state index contributed by atoms with van der Waals surface area (Å²) in [7, 11) is 0. The highest BCUT2D eigenvalue weighted by molar-refractivity contribution is 5.58. The summed E-state index contributed by atoms with van der Waals surface area (Å²) in [5.74, 6) is 0.274. The lowest BCUT2D eigenvalue weighted by Gasteiger charge is -2.06. The van der Waals surface area contributed by atoms with Crippen LogP contribution in [0.1, 0.15) is 11.5 Å². The van der Waals surface area contributed by atoms with Crippen molar-refractivity contribution in [1.82, 2.24) is 14.9 Å². The Kier molecular flexibility index (Phi) is 3.35. The monoisotopic (exact) mass is 285 g/mol. The number of hydrogen-bond acceptors (Lipinski definition) is 4. The Morgan fingerprint density at radius 3 is 2.76 bits per heavy atom. The molecular formula is C15H12FN3O2. The lowest BCUT2D eigenvalue weighted by atomic mass is 10.1. The van der Waals surface area contributed by atoms with Crippen LogP contribution in [-0.2, 0) is 6.54 Å². The van der Waals surface area contributed by atoms with Crippen LogP contribution >= 0.6 is 0 Å². The van der Waals surface area contributed by atoms with Gasteiger partial charge < -0.3 is 4.52 Å². The first-order valence-corrected chi connectivity index (χ1v) is 6.39. The molecule has 21 heavy (non-hydrogen) atoms. The van der Waals surface area contributed by atoms with E-state index in [1.807, 2.05) is 0 Å². The average Bonchev–Trinajstić information content (AvgIpc) is 2.87. The standard InChI is InChI=1S/C15H12FN3O2/c1-10-8-11(18-21-10)9-19-15(20)7-6-14(17-19)12-4-2-3-5-13(12)16/h2-8H,9H2,1H3. The minimum atomic E-state index is -0.382. The van der Waals surface area contributed by atoms with Gasteiger partial charge >= 0.3 is 0 Å². The summed E-state index contributed by atoms with van der Waals surface area (Å²) in [5.41, 5.74) is 1.05. The zero-order chi connectivity index (χ0) is 14.8. The summed E-state index contributed by atoms with van der Waals surface area (Å²) in [6.45, 7) is 1.95. The molecule has 0 amide bonds. The molecule has 5 nitrogen and oxygen atoms in total. The second-order valence-electron chi connectivity index (χ2n) is 4.62. The zero-order valence-corrected chi connectivity index (χ0v) is 11.3. The Morgan fingerprint density at radius 2 is 2.05 bits per heavy atom. The summed E-state index contributed by atoms with van der Waals surface area (Å²) >= 11 is 0. The van der Waals surface area contributed by atoms with E-state index in [2.05, 4.69) is 10.3 Å². The molecule has 2 heterocycles. The molecule has 0 spiro atoms. The van der Waals surface area contributed by atoms with Gasteiger partial charge in [-0.1, -0.05) is 17.3 Å². The highest BCUT2D eigenvalue weighted by Crippen LogP contribution is 2.19. The van der Waals surface area contributed by atoms with Crippen molar-refractivity contribution in [3.05, 3.63) is 70.1 Å². The maximum atomic E-state index is 13.8. The highest BCUT2D eigenvalue weighted by Gasteiger charge is 2.09. The van der Waals surface area contributed by atoms with E-state index in [1.54, 1.807) is 31.2 Å². The molecule has 2 aromatic heterocycles. The predicted molar refractivity (Wildman–Crippen MR) is 74.2 cm³/mol. The summed E-state index contributed by atoms with van der Waals surface area (Å²) in [6, 6.07) is 10.9. The molecule has 106 valence electrons. The Labute approximate surface area is 119 Å². The van der Waals surface area contributed by atoms with Crippen molar-refractivity contribution in [2.45, 2.75) is 13.5 Å². The molecule has 1 aromatic carbocycles. The largest absolute Gasteiger partial charge is 0.361 e. The Bertz CT molecular complexity index is 839. The summed E-state index contributed by atoms with van der Waals surface area (Å²) < 4.78 is 20.0. The van der Waals surface area contributed by atoms with Crippen LogP contribution in [0.3, 0.4) is 0 Å². The van der Waals surface area contributed by atoms with E-state index in [4.69, 9.17) is 4.52 Å². The van der Waals surface area contributed by atoms with Crippen molar-refractivity contribution in [1.29, 1.82) is 0 Å². The third kappa shape index (κ3) is 2.74. The highest BCUT2D eigenvalue weighted by atomic mass is 19.1. The van der Waals surface area contributed by atoms with Gasteiger partial charge in [0.25, 0.3) is 5.56 Å². The van der Waals surface area contributed by atoms with Crippen LogP contribution in [-0.4, -0.2) is 14.9 Å². The second kappa shape index (κ2) is 5.32. The molecule has 0 saturated heterocycles. The van der Waals surface area contributed by atoms with Crippen molar-refractivity contribution in [2.24, 2.45) is 0 Å². The Morgan fingerprint density at radius 1 is 1.24 bits per heavy atom. The molecule has 3 rings (SSSR count). The van der Waals surface area contributed by atoms with Gasteiger partial charge in [-0.2, -0.15) is 5.10 Å². The number of nitrogens with zero attached hydrogens (tertiary/aromatic N) is 3. The SMILES string of the molecule is Cc1cc(Cn2nc(-c3ccccc3F)ccc2=O)no1. The number of aromatic nitrogens is 3. The third-order valence-electron chi connectivity index (χ3n) is 3.00. The van der Waals surface area contributed by atoms with E-state index >= 15 is 0 Å². The number of rotatable bonds is 3. The van der Waals surface area contributed by atoms with E-state index in [9.17, 15) is 9.18 Å². The number of benzene rings is 1. The number of aryl methyl sites for hydroxylation is 1. The molecule has 3 aromatic rings. The second-order valence-corrected chi connectivity index (χ2v) is 4.62. The topological polar surface area (TPSA) is 60.9 Å². The van der Waals surface area contributed by atoms with E-state index in [1.165, 1.54) is 22.9 Å². The molecule has 0 aliphatic heterocycles. The lowest BCUT2D eigenvalue weighted by molar-refractivity contribution is 0.387. The van der Waals surface area contributed by atoms with Gasteiger partial charge in [0.1, 0.15) is 17.3 Å². The van der Waals surface area contributed by atoms with Crippen LogP contribution in [0.2, 0.25) is 0 Å². The summed E-state index contributed by atoms with van der Waals surface area (Å²) in [4.78, 5) is 11.8. The molecule has 0 saturated carbocycles. The smallest absolute Gasteiger partial charge is 0.267 e. The molecule has 0 atom stereocenters. The normalized spacial score (nSPS) is 10.8. The van der Waals surface area contributed by atoms with Crippen molar-refractivity contribution >= 4 is 0 Å². The van der Waals surface area contributed by atoms with Crippen LogP contribution in [0, 0.1) is 12.7 Å². The first-order chi connectivity index (χ1) is 10.1. The van der Waals surface area contributed by atoms with Crippen LogP contribution in [0.4, 0.5) is 4.39 Å². The Balaban J connectivity index is 2.00. The fraction of sp³-hybridized carbons (Fsp3) is 0.133. The zero-order valence-electron chi connectivity index (χ0n) is 11.3. The fourth-order valence-corrected chi connectivity index (χ4v) is 2.02. The number of halogens is 1. The van der Waals surface area contributed by atoms with E-state index in [0.29, 0.717) is 22.7 Å². The fourth-order valence-electron chi connectivity index (χ4n) is 2.02. The van der Waals surface area contributed by atoms with Gasteiger partial charge in [0.05, 0.1) is 12.2 Å². The maximum Gasteiger partial charge on any atom is 0.267 e. The van der Waals surface area contributed by atoms with E-state index in [0.717, 1.165) is 0 Å². The quantitative estimate of drug-likeness (QED) is 0.741. The average molecular weight is 285 g/mol. The molecule has 0 unspecified atom stereocenters. The van der Waals surface area contributed by atoms with Gasteiger partial charge in [0.2, 0.25) is 0 Å². The van der Waals surface area contributed by atoms with Crippen LogP contribution in [0.25, 0.3) is 11.3 Å². The van der Waals surface area contributed by atoms with Gasteiger partial charge in [0, 0.05) is 17.7 Å². The van der Waals surface area contributed by atoms with Crippen molar-refractivity contribution in [3.63, 3.8) is 0 Å². The molecule has 0 N–H and O–H groups in total. The molecule has 0 aliphatic rings. The van der Waals surface area contributed by atoms with Crippen LogP contribution in [0.15, 0.2) is 51.8 Å². The van der Waals surface area contributed by atoms with Crippen molar-refractivity contribution in [3.8, 4) is 11.3 Å². The van der Waals surface area contributed by atoms with Crippen LogP contribution in [0.5, 0.6) is 0 Å². The first kappa shape index (κ1) is 13.2. The Hall–Kier alpha value is -2.76.